The molecule has 0 spiro atoms. The zero-order chi connectivity index (χ0) is 18.8. The van der Waals surface area contributed by atoms with Gasteiger partial charge in [0.15, 0.2) is 0 Å². The van der Waals surface area contributed by atoms with Crippen molar-refractivity contribution in [3.63, 3.8) is 0 Å². The van der Waals surface area contributed by atoms with Gasteiger partial charge < -0.3 is 14.0 Å². The Balaban J connectivity index is 1.55. The van der Waals surface area contributed by atoms with Crippen LogP contribution in [-0.4, -0.2) is 37.3 Å². The Hall–Kier alpha value is -2.00. The van der Waals surface area contributed by atoms with Gasteiger partial charge in [0.1, 0.15) is 31.2 Å². The Morgan fingerprint density at radius 1 is 0.815 bits per heavy atom. The lowest BCUT2D eigenvalue weighted by molar-refractivity contribution is -0.945. The predicted molar refractivity (Wildman–Crippen MR) is 111 cm³/mol. The van der Waals surface area contributed by atoms with E-state index in [4.69, 9.17) is 9.47 Å². The summed E-state index contributed by atoms with van der Waals surface area (Å²) < 4.78 is 13.1. The molecular formula is C24H34NO2+. The van der Waals surface area contributed by atoms with E-state index in [2.05, 4.69) is 37.3 Å². The Morgan fingerprint density at radius 2 is 1.52 bits per heavy atom. The summed E-state index contributed by atoms with van der Waals surface area (Å²) in [6.07, 6.45) is 6.26. The maximum Gasteiger partial charge on any atom is 0.137 e. The summed E-state index contributed by atoms with van der Waals surface area (Å²) in [4.78, 5) is 0. The molecule has 146 valence electrons. The Kier molecular flexibility index (Phi) is 7.58. The molecule has 3 nitrogen and oxygen atoms in total. The number of benzene rings is 2. The molecule has 2 aromatic rings. The van der Waals surface area contributed by atoms with Crippen molar-refractivity contribution in [2.75, 3.05) is 32.8 Å². The first kappa shape index (κ1) is 19.8. The number of likely N-dealkylation sites (tertiary alicyclic amines) is 1. The number of nitrogens with zero attached hydrogens (tertiary/aromatic N) is 1. The van der Waals surface area contributed by atoms with Crippen LogP contribution in [0, 0.1) is 0 Å². The number of unbranched alkanes of at least 4 members (excludes halogenated alkanes) is 1. The fourth-order valence-electron chi connectivity index (χ4n) is 3.96. The summed E-state index contributed by atoms with van der Waals surface area (Å²) in [5.74, 6) is 1.82. The number of hydrogen-bond acceptors (Lipinski definition) is 2. The van der Waals surface area contributed by atoms with Gasteiger partial charge in [-0.05, 0) is 37.8 Å². The quantitative estimate of drug-likeness (QED) is 0.410. The highest BCUT2D eigenvalue weighted by molar-refractivity contribution is 5.32. The van der Waals surface area contributed by atoms with E-state index in [1.165, 1.54) is 37.9 Å². The number of piperidine rings is 1. The Bertz CT molecular complexity index is 665. The SMILES string of the molecule is CCCCOc1cccc(OCC[N+]2(Cc3ccccc3)CCCCC2)c1. The van der Waals surface area contributed by atoms with Crippen molar-refractivity contribution >= 4 is 0 Å². The summed E-state index contributed by atoms with van der Waals surface area (Å²) in [7, 11) is 0. The summed E-state index contributed by atoms with van der Waals surface area (Å²) in [6, 6.07) is 19.0. The molecule has 0 atom stereocenters. The zero-order valence-corrected chi connectivity index (χ0v) is 16.7. The van der Waals surface area contributed by atoms with E-state index in [1.54, 1.807) is 0 Å². The average molecular weight is 369 g/mol. The van der Waals surface area contributed by atoms with Gasteiger partial charge in [0.2, 0.25) is 0 Å². The van der Waals surface area contributed by atoms with Gasteiger partial charge in [0.05, 0.1) is 19.7 Å². The van der Waals surface area contributed by atoms with Crippen molar-refractivity contribution in [2.24, 2.45) is 0 Å². The third-order valence-electron chi connectivity index (χ3n) is 5.53. The molecule has 3 rings (SSSR count). The lowest BCUT2D eigenvalue weighted by Gasteiger charge is -2.41. The molecule has 0 radical (unpaired) electrons. The number of quaternary nitrogens is 1. The molecular weight excluding hydrogens is 334 g/mol. The molecule has 1 heterocycles. The summed E-state index contributed by atoms with van der Waals surface area (Å²) in [6.45, 7) is 8.41. The van der Waals surface area contributed by atoms with Crippen LogP contribution in [0.4, 0.5) is 0 Å². The van der Waals surface area contributed by atoms with Crippen LogP contribution in [0.25, 0.3) is 0 Å². The number of hydrogen-bond donors (Lipinski definition) is 0. The largest absolute Gasteiger partial charge is 0.493 e. The number of ether oxygens (including phenoxy) is 2. The fourth-order valence-corrected chi connectivity index (χ4v) is 3.96. The zero-order valence-electron chi connectivity index (χ0n) is 16.7. The van der Waals surface area contributed by atoms with Crippen LogP contribution in [0.15, 0.2) is 54.6 Å². The molecule has 1 saturated heterocycles. The fraction of sp³-hybridized carbons (Fsp3) is 0.500. The first-order chi connectivity index (χ1) is 13.3. The molecule has 1 fully saturated rings. The first-order valence-electron chi connectivity index (χ1n) is 10.5. The van der Waals surface area contributed by atoms with Crippen LogP contribution in [0.5, 0.6) is 11.5 Å². The van der Waals surface area contributed by atoms with E-state index in [-0.39, 0.29) is 0 Å². The standard InChI is InChI=1S/C24H34NO2/c1-2-3-18-26-23-13-10-14-24(20-23)27-19-17-25(15-8-5-9-16-25)21-22-11-6-4-7-12-22/h4,6-7,10-14,20H,2-3,5,8-9,15-19,21H2,1H3/q+1. The van der Waals surface area contributed by atoms with Crippen LogP contribution in [0.1, 0.15) is 44.6 Å². The highest BCUT2D eigenvalue weighted by Crippen LogP contribution is 2.24. The van der Waals surface area contributed by atoms with Gasteiger partial charge in [0, 0.05) is 11.6 Å². The molecule has 0 saturated carbocycles. The van der Waals surface area contributed by atoms with Crippen LogP contribution in [0.2, 0.25) is 0 Å². The minimum absolute atomic E-state index is 0.755. The molecule has 27 heavy (non-hydrogen) atoms. The average Bonchev–Trinajstić information content (AvgIpc) is 2.70. The van der Waals surface area contributed by atoms with Crippen LogP contribution >= 0.6 is 0 Å². The van der Waals surface area contributed by atoms with Crippen molar-refractivity contribution in [1.82, 2.24) is 0 Å². The van der Waals surface area contributed by atoms with Crippen molar-refractivity contribution in [2.45, 2.75) is 45.6 Å². The molecule has 0 amide bonds. The lowest BCUT2D eigenvalue weighted by atomic mass is 10.1. The first-order valence-corrected chi connectivity index (χ1v) is 10.5. The molecule has 0 aromatic heterocycles. The predicted octanol–water partition coefficient (Wildman–Crippen LogP) is 5.45. The van der Waals surface area contributed by atoms with E-state index in [0.717, 1.165) is 55.1 Å². The van der Waals surface area contributed by atoms with Gasteiger partial charge in [0.25, 0.3) is 0 Å². The third kappa shape index (κ3) is 6.28. The van der Waals surface area contributed by atoms with Crippen molar-refractivity contribution < 1.29 is 14.0 Å². The minimum atomic E-state index is 0.755. The van der Waals surface area contributed by atoms with Gasteiger partial charge in [-0.3, -0.25) is 0 Å². The maximum atomic E-state index is 6.12. The molecule has 0 aliphatic carbocycles. The van der Waals surface area contributed by atoms with Gasteiger partial charge in [-0.1, -0.05) is 49.7 Å². The van der Waals surface area contributed by atoms with Crippen molar-refractivity contribution in [3.8, 4) is 11.5 Å². The van der Waals surface area contributed by atoms with E-state index in [9.17, 15) is 0 Å². The highest BCUT2D eigenvalue weighted by Gasteiger charge is 2.30. The van der Waals surface area contributed by atoms with Crippen LogP contribution in [0.3, 0.4) is 0 Å². The van der Waals surface area contributed by atoms with Crippen LogP contribution in [-0.2, 0) is 6.54 Å². The monoisotopic (exact) mass is 368 g/mol. The summed E-state index contributed by atoms with van der Waals surface area (Å²) >= 11 is 0. The van der Waals surface area contributed by atoms with Crippen molar-refractivity contribution in [3.05, 3.63) is 60.2 Å². The summed E-state index contributed by atoms with van der Waals surface area (Å²) in [5, 5.41) is 0. The normalized spacial score (nSPS) is 16.0. The van der Waals surface area contributed by atoms with Gasteiger partial charge in [-0.2, -0.15) is 0 Å². The topological polar surface area (TPSA) is 18.5 Å². The Morgan fingerprint density at radius 3 is 2.22 bits per heavy atom. The molecule has 0 unspecified atom stereocenters. The van der Waals surface area contributed by atoms with Crippen molar-refractivity contribution in [1.29, 1.82) is 0 Å². The lowest BCUT2D eigenvalue weighted by Crippen LogP contribution is -2.52. The second-order valence-electron chi connectivity index (χ2n) is 7.74. The second kappa shape index (κ2) is 10.4. The third-order valence-corrected chi connectivity index (χ3v) is 5.53. The molecule has 0 bridgehead atoms. The Labute approximate surface area is 164 Å². The molecule has 1 aliphatic heterocycles. The number of rotatable bonds is 10. The minimum Gasteiger partial charge on any atom is -0.493 e. The second-order valence-corrected chi connectivity index (χ2v) is 7.74. The van der Waals surface area contributed by atoms with E-state index in [1.807, 2.05) is 24.3 Å². The molecule has 2 aromatic carbocycles. The van der Waals surface area contributed by atoms with Gasteiger partial charge in [-0.25, -0.2) is 0 Å². The van der Waals surface area contributed by atoms with E-state index < -0.39 is 0 Å². The highest BCUT2D eigenvalue weighted by atomic mass is 16.5. The molecule has 1 aliphatic rings. The smallest absolute Gasteiger partial charge is 0.137 e. The summed E-state index contributed by atoms with van der Waals surface area (Å²) in [5.41, 5.74) is 1.44. The van der Waals surface area contributed by atoms with Crippen LogP contribution < -0.4 is 9.47 Å². The van der Waals surface area contributed by atoms with E-state index >= 15 is 0 Å². The molecule has 3 heteroatoms. The van der Waals surface area contributed by atoms with E-state index in [0.29, 0.717) is 0 Å². The maximum absolute atomic E-state index is 6.12. The van der Waals surface area contributed by atoms with Gasteiger partial charge in [-0.15, -0.1) is 0 Å². The molecule has 0 N–H and O–H groups in total. The van der Waals surface area contributed by atoms with Gasteiger partial charge >= 0.3 is 0 Å².